The highest BCUT2D eigenvalue weighted by molar-refractivity contribution is 7.63. The molecule has 0 amide bonds. The third-order valence-corrected chi connectivity index (χ3v) is 3.03. The summed E-state index contributed by atoms with van der Waals surface area (Å²) in [5.74, 6) is 0. The Labute approximate surface area is 86.6 Å². The van der Waals surface area contributed by atoms with Crippen LogP contribution in [0.5, 0.6) is 0 Å². The van der Waals surface area contributed by atoms with Crippen molar-refractivity contribution in [2.75, 3.05) is 6.66 Å². The molecule has 0 aromatic heterocycles. The molecule has 0 bridgehead atoms. The summed E-state index contributed by atoms with van der Waals surface area (Å²) >= 11 is 11.5. The minimum atomic E-state index is -2.27. The van der Waals surface area contributed by atoms with Crippen LogP contribution in [0.3, 0.4) is 0 Å². The molecule has 0 saturated carbocycles. The summed E-state index contributed by atoms with van der Waals surface area (Å²) in [6.45, 7) is 1.37. The molecule has 1 aromatic rings. The van der Waals surface area contributed by atoms with Crippen LogP contribution in [0.15, 0.2) is 18.2 Å². The number of halogens is 2. The maximum atomic E-state index is 11.3. The molecule has 70 valence electrons. The number of hydrogen-bond donors (Lipinski definition) is 0. The van der Waals surface area contributed by atoms with Crippen LogP contribution < -0.4 is 0 Å². The maximum absolute atomic E-state index is 11.3. The predicted molar refractivity (Wildman–Crippen MR) is 55.7 cm³/mol. The van der Waals surface area contributed by atoms with Crippen molar-refractivity contribution in [1.82, 2.24) is 0 Å². The Bertz CT molecular complexity index is 356. The summed E-state index contributed by atoms with van der Waals surface area (Å²) < 4.78 is 11.0. The van der Waals surface area contributed by atoms with E-state index in [0.29, 0.717) is 0 Å². The average Bonchev–Trinajstić information content (AvgIpc) is 2.03. The fraction of sp³-hybridized carbons (Fsp3) is 0.125. The van der Waals surface area contributed by atoms with Crippen LogP contribution in [-0.4, -0.2) is 12.2 Å². The predicted octanol–water partition coefficient (Wildman–Crippen LogP) is 3.32. The Balaban J connectivity index is 3.28. The van der Waals surface area contributed by atoms with E-state index in [1.165, 1.54) is 6.66 Å². The van der Waals surface area contributed by atoms with E-state index in [-0.39, 0.29) is 15.6 Å². The van der Waals surface area contributed by atoms with Gasteiger partial charge in [0.25, 0.3) is 0 Å². The molecule has 0 saturated heterocycles. The molecule has 0 radical (unpaired) electrons. The van der Waals surface area contributed by atoms with E-state index < -0.39 is 13.3 Å². The normalized spacial score (nSPS) is 12.5. The summed E-state index contributed by atoms with van der Waals surface area (Å²) in [6.07, 6.45) is 0. The van der Waals surface area contributed by atoms with Crippen molar-refractivity contribution in [3.8, 4) is 0 Å². The van der Waals surface area contributed by atoms with Crippen molar-refractivity contribution in [1.29, 1.82) is 0 Å². The second-order valence-corrected chi connectivity index (χ2v) is 4.86. The van der Waals surface area contributed by atoms with Gasteiger partial charge in [-0.1, -0.05) is 29.3 Å². The molecular weight excluding hydrogens is 230 g/mol. The zero-order valence-corrected chi connectivity index (χ0v) is 9.32. The van der Waals surface area contributed by atoms with Crippen LogP contribution in [0.1, 0.15) is 10.4 Å². The molecule has 1 aromatic carbocycles. The standard InChI is InChI=1S/C8H7Cl2O2P/c1-13(12)8(11)7-5(9)3-2-4-6(7)10/h2-4,13H,1H3. The summed E-state index contributed by atoms with van der Waals surface area (Å²) in [5.41, 5.74) is -0.308. The third kappa shape index (κ3) is 2.34. The molecule has 1 rings (SSSR count). The lowest BCUT2D eigenvalue weighted by atomic mass is 10.2. The van der Waals surface area contributed by atoms with Gasteiger partial charge >= 0.3 is 0 Å². The fourth-order valence-electron chi connectivity index (χ4n) is 0.891. The number of hydrogen-bond acceptors (Lipinski definition) is 2. The topological polar surface area (TPSA) is 34.1 Å². The zero-order valence-electron chi connectivity index (χ0n) is 6.80. The van der Waals surface area contributed by atoms with Gasteiger partial charge < -0.3 is 4.57 Å². The molecule has 0 aliphatic carbocycles. The summed E-state index contributed by atoms with van der Waals surface area (Å²) in [7, 11) is -2.27. The van der Waals surface area contributed by atoms with Gasteiger partial charge in [-0.2, -0.15) is 0 Å². The van der Waals surface area contributed by atoms with E-state index in [4.69, 9.17) is 23.2 Å². The van der Waals surface area contributed by atoms with Gasteiger partial charge in [0.2, 0.25) is 5.52 Å². The van der Waals surface area contributed by atoms with Crippen molar-refractivity contribution in [3.63, 3.8) is 0 Å². The van der Waals surface area contributed by atoms with E-state index in [0.717, 1.165) is 0 Å². The van der Waals surface area contributed by atoms with Gasteiger partial charge in [-0.15, -0.1) is 0 Å². The van der Waals surface area contributed by atoms with Crippen molar-refractivity contribution in [2.24, 2.45) is 0 Å². The minimum Gasteiger partial charge on any atom is -0.319 e. The Morgan fingerprint density at radius 1 is 1.31 bits per heavy atom. The van der Waals surface area contributed by atoms with Gasteiger partial charge in [0.1, 0.15) is 7.80 Å². The van der Waals surface area contributed by atoms with Crippen molar-refractivity contribution in [2.45, 2.75) is 0 Å². The van der Waals surface area contributed by atoms with E-state index in [9.17, 15) is 9.36 Å². The summed E-state index contributed by atoms with van der Waals surface area (Å²) in [5, 5.41) is 0.496. The lowest BCUT2D eigenvalue weighted by Crippen LogP contribution is -1.94. The molecule has 13 heavy (non-hydrogen) atoms. The van der Waals surface area contributed by atoms with E-state index in [1.807, 2.05) is 0 Å². The Hall–Kier alpha value is -0.300. The summed E-state index contributed by atoms with van der Waals surface area (Å²) in [4.78, 5) is 11.3. The molecule has 0 aliphatic rings. The molecule has 0 spiro atoms. The van der Waals surface area contributed by atoms with Crippen LogP contribution in [0.25, 0.3) is 0 Å². The van der Waals surface area contributed by atoms with E-state index in [1.54, 1.807) is 18.2 Å². The van der Waals surface area contributed by atoms with Crippen LogP contribution in [0.4, 0.5) is 0 Å². The first kappa shape index (κ1) is 10.8. The average molecular weight is 237 g/mol. The van der Waals surface area contributed by atoms with E-state index in [2.05, 4.69) is 0 Å². The van der Waals surface area contributed by atoms with Gasteiger partial charge in [-0.3, -0.25) is 4.79 Å². The minimum absolute atomic E-state index is 0.164. The highest BCUT2D eigenvalue weighted by atomic mass is 35.5. The second kappa shape index (κ2) is 4.28. The number of rotatable bonds is 2. The van der Waals surface area contributed by atoms with Crippen molar-refractivity contribution < 1.29 is 9.36 Å². The molecule has 1 atom stereocenters. The lowest BCUT2D eigenvalue weighted by molar-refractivity contribution is 0.107. The van der Waals surface area contributed by atoms with Crippen LogP contribution >= 0.6 is 31.0 Å². The number of carbonyl (C=O) groups excluding carboxylic acids is 1. The highest BCUT2D eigenvalue weighted by Gasteiger charge is 2.16. The molecule has 0 N–H and O–H groups in total. The molecule has 5 heteroatoms. The lowest BCUT2D eigenvalue weighted by Gasteiger charge is -2.02. The third-order valence-electron chi connectivity index (χ3n) is 1.51. The second-order valence-electron chi connectivity index (χ2n) is 2.48. The summed E-state index contributed by atoms with van der Waals surface area (Å²) in [6, 6.07) is 4.73. The van der Waals surface area contributed by atoms with Gasteiger partial charge in [-0.05, 0) is 18.8 Å². The van der Waals surface area contributed by atoms with Crippen LogP contribution in [0, 0.1) is 0 Å². The molecule has 0 fully saturated rings. The van der Waals surface area contributed by atoms with Gasteiger partial charge in [0.15, 0.2) is 0 Å². The first-order chi connectivity index (χ1) is 6.04. The molecular formula is C8H7Cl2O2P. The largest absolute Gasteiger partial charge is 0.319 e. The van der Waals surface area contributed by atoms with Gasteiger partial charge in [0.05, 0.1) is 15.6 Å². The van der Waals surface area contributed by atoms with Crippen molar-refractivity contribution in [3.05, 3.63) is 33.8 Å². The van der Waals surface area contributed by atoms with Crippen molar-refractivity contribution >= 4 is 36.5 Å². The van der Waals surface area contributed by atoms with E-state index >= 15 is 0 Å². The maximum Gasteiger partial charge on any atom is 0.221 e. The zero-order chi connectivity index (χ0) is 10.0. The Kier molecular flexibility index (Phi) is 3.55. The number of carbonyl (C=O) groups is 1. The van der Waals surface area contributed by atoms with Crippen LogP contribution in [0.2, 0.25) is 10.0 Å². The first-order valence-corrected chi connectivity index (χ1v) is 6.19. The molecule has 1 unspecified atom stereocenters. The monoisotopic (exact) mass is 236 g/mol. The fourth-order valence-corrected chi connectivity index (χ4v) is 2.24. The first-order valence-electron chi connectivity index (χ1n) is 3.53. The quantitative estimate of drug-likeness (QED) is 0.739. The SMILES string of the molecule is C[PH](=O)C(=O)c1c(Cl)cccc1Cl. The van der Waals surface area contributed by atoms with Crippen LogP contribution in [-0.2, 0) is 4.57 Å². The smallest absolute Gasteiger partial charge is 0.221 e. The van der Waals surface area contributed by atoms with Gasteiger partial charge in [-0.25, -0.2) is 0 Å². The molecule has 0 aliphatic heterocycles. The number of benzene rings is 1. The highest BCUT2D eigenvalue weighted by Crippen LogP contribution is 2.32. The molecule has 2 nitrogen and oxygen atoms in total. The van der Waals surface area contributed by atoms with Gasteiger partial charge in [0, 0.05) is 0 Å². The Morgan fingerprint density at radius 3 is 2.15 bits per heavy atom. The molecule has 0 heterocycles. The Morgan fingerprint density at radius 2 is 1.77 bits per heavy atom.